The van der Waals surface area contributed by atoms with E-state index in [4.69, 9.17) is 4.55 Å². The molecule has 0 aliphatic carbocycles. The van der Waals surface area contributed by atoms with Crippen LogP contribution in [-0.4, -0.2) is 18.0 Å². The van der Waals surface area contributed by atoms with Crippen LogP contribution in [0, 0.1) is 6.92 Å². The number of rotatable bonds is 3. The summed E-state index contributed by atoms with van der Waals surface area (Å²) in [6.45, 7) is 1.90. The highest BCUT2D eigenvalue weighted by molar-refractivity contribution is 7.86. The molecule has 2 N–H and O–H groups in total. The number of aryl methyl sites for hydroxylation is 1. The van der Waals surface area contributed by atoms with Crippen LogP contribution in [0.4, 0.5) is 11.5 Å². The van der Waals surface area contributed by atoms with Crippen molar-refractivity contribution in [3.63, 3.8) is 0 Å². The lowest BCUT2D eigenvalue weighted by molar-refractivity contribution is 0.483. The Labute approximate surface area is 105 Å². The highest BCUT2D eigenvalue weighted by Gasteiger charge is 2.14. The molecule has 0 aliphatic heterocycles. The molecule has 0 saturated carbocycles. The zero-order chi connectivity index (χ0) is 13.2. The summed E-state index contributed by atoms with van der Waals surface area (Å²) in [5.41, 5.74) is 1.29. The summed E-state index contributed by atoms with van der Waals surface area (Å²) >= 11 is 0. The molecular formula is C12H12N2O3S. The highest BCUT2D eigenvalue weighted by Crippen LogP contribution is 2.23. The van der Waals surface area contributed by atoms with Crippen molar-refractivity contribution >= 4 is 21.6 Å². The molecule has 0 spiro atoms. The Morgan fingerprint density at radius 3 is 2.61 bits per heavy atom. The van der Waals surface area contributed by atoms with Crippen molar-refractivity contribution in [3.05, 3.63) is 48.2 Å². The maximum Gasteiger partial charge on any atom is 0.296 e. The Bertz CT molecular complexity index is 669. The fourth-order valence-electron chi connectivity index (χ4n) is 1.54. The summed E-state index contributed by atoms with van der Waals surface area (Å²) in [4.78, 5) is 3.90. The average molecular weight is 264 g/mol. The van der Waals surface area contributed by atoms with E-state index in [1.807, 2.05) is 13.0 Å². The number of anilines is 2. The zero-order valence-electron chi connectivity index (χ0n) is 9.66. The number of nitrogens with zero attached hydrogens (tertiary/aromatic N) is 1. The fourth-order valence-corrected chi connectivity index (χ4v) is 2.18. The molecule has 1 aromatic carbocycles. The minimum absolute atomic E-state index is 0.173. The van der Waals surface area contributed by atoms with Crippen LogP contribution in [0.15, 0.2) is 47.5 Å². The summed E-state index contributed by atoms with van der Waals surface area (Å²) in [6.07, 6.45) is 1.62. The Hall–Kier alpha value is -1.92. The lowest BCUT2D eigenvalue weighted by Crippen LogP contribution is -2.03. The molecular weight excluding hydrogens is 252 g/mol. The van der Waals surface area contributed by atoms with E-state index in [0.717, 1.165) is 5.56 Å². The Balaban J connectivity index is 2.41. The summed E-state index contributed by atoms with van der Waals surface area (Å²) < 4.78 is 31.5. The number of benzene rings is 1. The summed E-state index contributed by atoms with van der Waals surface area (Å²) in [5, 5.41) is 2.87. The van der Waals surface area contributed by atoms with E-state index >= 15 is 0 Å². The molecule has 0 saturated heterocycles. The molecule has 0 unspecified atom stereocenters. The van der Waals surface area contributed by atoms with Gasteiger partial charge in [0.2, 0.25) is 0 Å². The molecule has 2 aromatic rings. The number of aromatic nitrogens is 1. The van der Waals surface area contributed by atoms with Crippen LogP contribution in [0.5, 0.6) is 0 Å². The second-order valence-corrected chi connectivity index (χ2v) is 5.20. The first-order valence-electron chi connectivity index (χ1n) is 5.23. The van der Waals surface area contributed by atoms with Gasteiger partial charge in [0, 0.05) is 6.20 Å². The lowest BCUT2D eigenvalue weighted by Gasteiger charge is -2.09. The van der Waals surface area contributed by atoms with Crippen LogP contribution < -0.4 is 5.32 Å². The van der Waals surface area contributed by atoms with Crippen LogP contribution in [-0.2, 0) is 10.1 Å². The molecule has 0 fully saturated rings. The summed E-state index contributed by atoms with van der Waals surface area (Å²) in [7, 11) is -4.25. The SMILES string of the molecule is Cc1ccnc(Nc2ccccc2S(=O)(=O)O)c1. The maximum atomic E-state index is 11.2. The number of nitrogens with one attached hydrogen (secondary N) is 1. The van der Waals surface area contributed by atoms with Crippen molar-refractivity contribution in [1.82, 2.24) is 4.98 Å². The molecule has 5 nitrogen and oxygen atoms in total. The van der Waals surface area contributed by atoms with Gasteiger partial charge in [-0.1, -0.05) is 12.1 Å². The van der Waals surface area contributed by atoms with Crippen LogP contribution in [0.3, 0.4) is 0 Å². The van der Waals surface area contributed by atoms with Crippen molar-refractivity contribution in [2.45, 2.75) is 11.8 Å². The number of hydrogen-bond acceptors (Lipinski definition) is 4. The normalized spacial score (nSPS) is 11.2. The van der Waals surface area contributed by atoms with Gasteiger partial charge in [-0.3, -0.25) is 4.55 Å². The van der Waals surface area contributed by atoms with E-state index in [2.05, 4.69) is 10.3 Å². The van der Waals surface area contributed by atoms with Gasteiger partial charge in [-0.15, -0.1) is 0 Å². The second kappa shape index (κ2) is 4.75. The summed E-state index contributed by atoms with van der Waals surface area (Å²) in [5.74, 6) is 0.520. The quantitative estimate of drug-likeness (QED) is 0.832. The van der Waals surface area contributed by atoms with E-state index in [9.17, 15) is 8.42 Å². The van der Waals surface area contributed by atoms with E-state index in [0.29, 0.717) is 5.82 Å². The van der Waals surface area contributed by atoms with E-state index in [-0.39, 0.29) is 10.6 Å². The van der Waals surface area contributed by atoms with E-state index in [1.165, 1.54) is 12.1 Å². The predicted octanol–water partition coefficient (Wildman–Crippen LogP) is 2.38. The van der Waals surface area contributed by atoms with Gasteiger partial charge < -0.3 is 5.32 Å². The Kier molecular flexibility index (Phi) is 3.31. The zero-order valence-corrected chi connectivity index (χ0v) is 10.5. The second-order valence-electron chi connectivity index (χ2n) is 3.81. The topological polar surface area (TPSA) is 79.3 Å². The van der Waals surface area contributed by atoms with Crippen molar-refractivity contribution in [3.8, 4) is 0 Å². The van der Waals surface area contributed by atoms with Gasteiger partial charge in [0.25, 0.3) is 10.1 Å². The van der Waals surface area contributed by atoms with Gasteiger partial charge in [0.05, 0.1) is 5.69 Å². The van der Waals surface area contributed by atoms with Crippen molar-refractivity contribution in [2.24, 2.45) is 0 Å². The average Bonchev–Trinajstić information content (AvgIpc) is 2.28. The Morgan fingerprint density at radius 2 is 1.94 bits per heavy atom. The van der Waals surface area contributed by atoms with Crippen molar-refractivity contribution in [2.75, 3.05) is 5.32 Å². The number of para-hydroxylation sites is 1. The third kappa shape index (κ3) is 2.85. The first-order valence-corrected chi connectivity index (χ1v) is 6.67. The van der Waals surface area contributed by atoms with Crippen LogP contribution >= 0.6 is 0 Å². The molecule has 94 valence electrons. The molecule has 1 heterocycles. The fraction of sp³-hybridized carbons (Fsp3) is 0.0833. The molecule has 18 heavy (non-hydrogen) atoms. The largest absolute Gasteiger partial charge is 0.339 e. The minimum atomic E-state index is -4.25. The molecule has 0 amide bonds. The smallest absolute Gasteiger partial charge is 0.296 e. The maximum absolute atomic E-state index is 11.2. The number of pyridine rings is 1. The van der Waals surface area contributed by atoms with Gasteiger partial charge >= 0.3 is 0 Å². The molecule has 0 radical (unpaired) electrons. The van der Waals surface area contributed by atoms with Gasteiger partial charge in [-0.05, 0) is 36.8 Å². The standard InChI is InChI=1S/C12H12N2O3S/c1-9-6-7-13-12(8-9)14-10-4-2-3-5-11(10)18(15,16)17/h2-8H,1H3,(H,13,14)(H,15,16,17). The van der Waals surface area contributed by atoms with Crippen LogP contribution in [0.25, 0.3) is 0 Å². The molecule has 0 atom stereocenters. The van der Waals surface area contributed by atoms with Gasteiger partial charge in [-0.2, -0.15) is 8.42 Å². The van der Waals surface area contributed by atoms with Crippen LogP contribution in [0.1, 0.15) is 5.56 Å². The molecule has 0 aliphatic rings. The predicted molar refractivity (Wildman–Crippen MR) is 68.5 cm³/mol. The Morgan fingerprint density at radius 1 is 1.22 bits per heavy atom. The molecule has 2 rings (SSSR count). The third-order valence-electron chi connectivity index (χ3n) is 2.34. The third-order valence-corrected chi connectivity index (χ3v) is 3.25. The number of hydrogen-bond donors (Lipinski definition) is 2. The van der Waals surface area contributed by atoms with E-state index < -0.39 is 10.1 Å². The molecule has 0 bridgehead atoms. The highest BCUT2D eigenvalue weighted by atomic mass is 32.2. The van der Waals surface area contributed by atoms with Gasteiger partial charge in [0.15, 0.2) is 0 Å². The van der Waals surface area contributed by atoms with Crippen molar-refractivity contribution in [1.29, 1.82) is 0 Å². The van der Waals surface area contributed by atoms with Crippen molar-refractivity contribution < 1.29 is 13.0 Å². The summed E-state index contributed by atoms with van der Waals surface area (Å²) in [6, 6.07) is 9.71. The minimum Gasteiger partial charge on any atom is -0.339 e. The van der Waals surface area contributed by atoms with Gasteiger partial charge in [-0.25, -0.2) is 4.98 Å². The first kappa shape index (κ1) is 12.5. The van der Waals surface area contributed by atoms with Crippen LogP contribution in [0.2, 0.25) is 0 Å². The first-order chi connectivity index (χ1) is 8.47. The van der Waals surface area contributed by atoms with Gasteiger partial charge in [0.1, 0.15) is 10.7 Å². The molecule has 1 aromatic heterocycles. The lowest BCUT2D eigenvalue weighted by atomic mass is 10.3. The molecule has 6 heteroatoms. The van der Waals surface area contributed by atoms with E-state index in [1.54, 1.807) is 24.4 Å². The monoisotopic (exact) mass is 264 g/mol.